The van der Waals surface area contributed by atoms with E-state index < -0.39 is 0 Å². The summed E-state index contributed by atoms with van der Waals surface area (Å²) in [4.78, 5) is 11.6. The maximum Gasteiger partial charge on any atom is 0.333 e. The van der Waals surface area contributed by atoms with Gasteiger partial charge in [0, 0.05) is 11.6 Å². The van der Waals surface area contributed by atoms with E-state index in [1.807, 2.05) is 18.2 Å². The SMILES string of the molecule is CCOC(=O)/C(C)=C/[C@@H](N)Cc1ccc(-c2ccccc2)cc1. The highest BCUT2D eigenvalue weighted by Gasteiger charge is 2.08. The Balaban J connectivity index is 2.01. The van der Waals surface area contributed by atoms with Crippen LogP contribution in [-0.4, -0.2) is 18.6 Å². The first-order chi connectivity index (χ1) is 11.1. The Morgan fingerprint density at radius 2 is 1.70 bits per heavy atom. The second-order valence-electron chi connectivity index (χ2n) is 5.50. The second-order valence-corrected chi connectivity index (χ2v) is 5.50. The van der Waals surface area contributed by atoms with Crippen LogP contribution in [0, 0.1) is 0 Å². The molecule has 0 aliphatic rings. The number of hydrogen-bond acceptors (Lipinski definition) is 3. The minimum atomic E-state index is -0.303. The van der Waals surface area contributed by atoms with Crippen molar-refractivity contribution in [2.45, 2.75) is 26.3 Å². The third-order valence-corrected chi connectivity index (χ3v) is 3.59. The molecule has 3 heteroatoms. The standard InChI is InChI=1S/C20H23NO2/c1-3-23-20(22)15(2)13-19(21)14-16-9-11-18(12-10-16)17-7-5-4-6-8-17/h4-13,19H,3,14,21H2,1-2H3/b15-13+/t19-/m1/s1. The molecule has 0 unspecified atom stereocenters. The molecule has 0 aliphatic carbocycles. The van der Waals surface area contributed by atoms with Gasteiger partial charge in [0.05, 0.1) is 6.61 Å². The van der Waals surface area contributed by atoms with Crippen molar-refractivity contribution in [2.24, 2.45) is 5.73 Å². The normalized spacial score (nSPS) is 12.7. The molecule has 0 aromatic heterocycles. The number of esters is 1. The van der Waals surface area contributed by atoms with Gasteiger partial charge in [0.25, 0.3) is 0 Å². The van der Waals surface area contributed by atoms with E-state index in [2.05, 4.69) is 36.4 Å². The second kappa shape index (κ2) is 8.30. The Morgan fingerprint density at radius 3 is 2.30 bits per heavy atom. The first-order valence-corrected chi connectivity index (χ1v) is 7.85. The van der Waals surface area contributed by atoms with Crippen LogP contribution in [0.15, 0.2) is 66.2 Å². The van der Waals surface area contributed by atoms with Gasteiger partial charge < -0.3 is 10.5 Å². The minimum Gasteiger partial charge on any atom is -0.463 e. The predicted octanol–water partition coefficient (Wildman–Crippen LogP) is 3.73. The van der Waals surface area contributed by atoms with Crippen LogP contribution in [0.3, 0.4) is 0 Å². The number of benzene rings is 2. The van der Waals surface area contributed by atoms with Gasteiger partial charge in [0.1, 0.15) is 0 Å². The molecule has 23 heavy (non-hydrogen) atoms. The van der Waals surface area contributed by atoms with Gasteiger partial charge in [0.2, 0.25) is 0 Å². The van der Waals surface area contributed by atoms with Crippen molar-refractivity contribution >= 4 is 5.97 Å². The zero-order chi connectivity index (χ0) is 16.7. The smallest absolute Gasteiger partial charge is 0.333 e. The number of carbonyl (C=O) groups excluding carboxylic acids is 1. The quantitative estimate of drug-likeness (QED) is 0.653. The van der Waals surface area contributed by atoms with Gasteiger partial charge in [-0.25, -0.2) is 4.79 Å². The monoisotopic (exact) mass is 309 g/mol. The minimum absolute atomic E-state index is 0.206. The maximum absolute atomic E-state index is 11.6. The highest BCUT2D eigenvalue weighted by atomic mass is 16.5. The third kappa shape index (κ3) is 5.08. The summed E-state index contributed by atoms with van der Waals surface area (Å²) in [6.45, 7) is 3.90. The lowest BCUT2D eigenvalue weighted by molar-refractivity contribution is -0.138. The van der Waals surface area contributed by atoms with E-state index in [0.717, 1.165) is 5.56 Å². The lowest BCUT2D eigenvalue weighted by Crippen LogP contribution is -2.21. The zero-order valence-electron chi connectivity index (χ0n) is 13.7. The fraction of sp³-hybridized carbons (Fsp3) is 0.250. The molecule has 0 aliphatic heterocycles. The van der Waals surface area contributed by atoms with Gasteiger partial charge in [-0.1, -0.05) is 60.7 Å². The van der Waals surface area contributed by atoms with E-state index in [0.29, 0.717) is 18.6 Å². The largest absolute Gasteiger partial charge is 0.463 e. The summed E-state index contributed by atoms with van der Waals surface area (Å²) >= 11 is 0. The first kappa shape index (κ1) is 17.0. The predicted molar refractivity (Wildman–Crippen MR) is 93.9 cm³/mol. The Kier molecular flexibility index (Phi) is 6.12. The average molecular weight is 309 g/mol. The maximum atomic E-state index is 11.6. The van der Waals surface area contributed by atoms with Crippen LogP contribution in [0.1, 0.15) is 19.4 Å². The van der Waals surface area contributed by atoms with Crippen molar-refractivity contribution in [3.63, 3.8) is 0 Å². The average Bonchev–Trinajstić information content (AvgIpc) is 2.56. The van der Waals surface area contributed by atoms with Crippen molar-refractivity contribution in [2.75, 3.05) is 6.61 Å². The van der Waals surface area contributed by atoms with Crippen molar-refractivity contribution < 1.29 is 9.53 Å². The van der Waals surface area contributed by atoms with E-state index in [-0.39, 0.29) is 12.0 Å². The van der Waals surface area contributed by atoms with Crippen molar-refractivity contribution in [1.82, 2.24) is 0 Å². The molecule has 3 nitrogen and oxygen atoms in total. The summed E-state index contributed by atoms with van der Waals surface area (Å²) in [5, 5.41) is 0. The Bertz CT molecular complexity index is 660. The number of ether oxygens (including phenoxy) is 1. The van der Waals surface area contributed by atoms with E-state index >= 15 is 0 Å². The van der Waals surface area contributed by atoms with Crippen molar-refractivity contribution in [1.29, 1.82) is 0 Å². The molecule has 0 saturated carbocycles. The van der Waals surface area contributed by atoms with E-state index in [1.54, 1.807) is 19.9 Å². The Labute approximate surface area is 137 Å². The van der Waals surface area contributed by atoms with E-state index in [9.17, 15) is 4.79 Å². The van der Waals surface area contributed by atoms with Crippen molar-refractivity contribution in [3.8, 4) is 11.1 Å². The molecule has 1 atom stereocenters. The first-order valence-electron chi connectivity index (χ1n) is 7.85. The van der Waals surface area contributed by atoms with Gasteiger partial charge in [0.15, 0.2) is 0 Å². The lowest BCUT2D eigenvalue weighted by atomic mass is 10.00. The van der Waals surface area contributed by atoms with Crippen LogP contribution in [-0.2, 0) is 16.0 Å². The highest BCUT2D eigenvalue weighted by Crippen LogP contribution is 2.19. The van der Waals surface area contributed by atoms with Gasteiger partial charge in [-0.2, -0.15) is 0 Å². The molecular weight excluding hydrogens is 286 g/mol. The number of nitrogens with two attached hydrogens (primary N) is 1. The van der Waals surface area contributed by atoms with Crippen LogP contribution >= 0.6 is 0 Å². The summed E-state index contributed by atoms with van der Waals surface area (Å²) in [6.07, 6.45) is 2.45. The summed E-state index contributed by atoms with van der Waals surface area (Å²) in [7, 11) is 0. The van der Waals surface area contributed by atoms with Crippen LogP contribution in [0.5, 0.6) is 0 Å². The molecule has 2 N–H and O–H groups in total. The molecule has 0 spiro atoms. The topological polar surface area (TPSA) is 52.3 Å². The number of hydrogen-bond donors (Lipinski definition) is 1. The van der Waals surface area contributed by atoms with Crippen LogP contribution in [0.4, 0.5) is 0 Å². The summed E-state index contributed by atoms with van der Waals surface area (Å²) in [5.41, 5.74) is 10.2. The molecule has 0 radical (unpaired) electrons. The molecule has 0 bridgehead atoms. The Hall–Kier alpha value is -2.39. The molecule has 120 valence electrons. The summed E-state index contributed by atoms with van der Waals surface area (Å²) < 4.78 is 4.96. The molecule has 2 aromatic rings. The fourth-order valence-electron chi connectivity index (χ4n) is 2.43. The number of carbonyl (C=O) groups is 1. The van der Waals surface area contributed by atoms with Gasteiger partial charge >= 0.3 is 5.97 Å². The third-order valence-electron chi connectivity index (χ3n) is 3.59. The molecule has 0 amide bonds. The van der Waals surface area contributed by atoms with Crippen molar-refractivity contribution in [3.05, 3.63) is 71.8 Å². The fourth-order valence-corrected chi connectivity index (χ4v) is 2.43. The molecule has 2 aromatic carbocycles. The van der Waals surface area contributed by atoms with Crippen LogP contribution < -0.4 is 5.73 Å². The highest BCUT2D eigenvalue weighted by molar-refractivity contribution is 5.87. The molecular formula is C20H23NO2. The molecule has 0 fully saturated rings. The van der Waals surface area contributed by atoms with E-state index in [1.165, 1.54) is 11.1 Å². The summed E-state index contributed by atoms with van der Waals surface area (Å²) in [6, 6.07) is 18.4. The van der Waals surface area contributed by atoms with Gasteiger partial charge in [-0.15, -0.1) is 0 Å². The number of rotatable bonds is 6. The molecule has 2 rings (SSSR count). The molecule has 0 saturated heterocycles. The van der Waals surface area contributed by atoms with Crippen LogP contribution in [0.25, 0.3) is 11.1 Å². The summed E-state index contributed by atoms with van der Waals surface area (Å²) in [5.74, 6) is -0.303. The van der Waals surface area contributed by atoms with Crippen LogP contribution in [0.2, 0.25) is 0 Å². The Morgan fingerprint density at radius 1 is 1.09 bits per heavy atom. The lowest BCUT2D eigenvalue weighted by Gasteiger charge is -2.10. The van der Waals surface area contributed by atoms with E-state index in [4.69, 9.17) is 10.5 Å². The van der Waals surface area contributed by atoms with Gasteiger partial charge in [-0.05, 0) is 37.0 Å². The van der Waals surface area contributed by atoms with Gasteiger partial charge in [-0.3, -0.25) is 0 Å². The molecule has 0 heterocycles. The zero-order valence-corrected chi connectivity index (χ0v) is 13.7.